The maximum Gasteiger partial charge on any atom is 0.326 e. The minimum Gasteiger partial charge on any atom is -0.508 e. The number of fused-ring (bicyclic) bond motifs is 1. The van der Waals surface area contributed by atoms with Gasteiger partial charge in [-0.05, 0) is 29.3 Å². The topological polar surface area (TPSA) is 250 Å². The van der Waals surface area contributed by atoms with E-state index in [1.807, 2.05) is 18.2 Å². The number of amides is 4. The van der Waals surface area contributed by atoms with E-state index >= 15 is 0 Å². The Labute approximate surface area is 234 Å². The Morgan fingerprint density at radius 1 is 0.829 bits per heavy atom. The fourth-order valence-corrected chi connectivity index (χ4v) is 4.11. The van der Waals surface area contributed by atoms with Crippen LogP contribution in [0.2, 0.25) is 0 Å². The molecular formula is C27H32N6O8. The first-order chi connectivity index (χ1) is 19.5. The van der Waals surface area contributed by atoms with Gasteiger partial charge in [0.2, 0.25) is 23.6 Å². The fourth-order valence-electron chi connectivity index (χ4n) is 4.11. The molecule has 1 heterocycles. The molecule has 4 amide bonds. The minimum absolute atomic E-state index is 0.0343. The lowest BCUT2D eigenvalue weighted by Crippen LogP contribution is -2.58. The molecule has 0 saturated heterocycles. The summed E-state index contributed by atoms with van der Waals surface area (Å²) in [5, 5.41) is 36.5. The van der Waals surface area contributed by atoms with E-state index in [2.05, 4.69) is 20.9 Å². The molecule has 0 aliphatic heterocycles. The first-order valence-corrected chi connectivity index (χ1v) is 12.6. The number of para-hydroxylation sites is 1. The van der Waals surface area contributed by atoms with Gasteiger partial charge in [0.25, 0.3) is 0 Å². The number of carbonyl (C=O) groups excluding carboxylic acids is 4. The maximum absolute atomic E-state index is 13.4. The van der Waals surface area contributed by atoms with Crippen LogP contribution in [0.3, 0.4) is 0 Å². The molecule has 2 aromatic carbocycles. The third-order valence-corrected chi connectivity index (χ3v) is 6.29. The van der Waals surface area contributed by atoms with Crippen molar-refractivity contribution in [2.45, 2.75) is 43.4 Å². The molecule has 0 bridgehead atoms. The quantitative estimate of drug-likeness (QED) is 0.108. The molecule has 3 aromatic rings. The van der Waals surface area contributed by atoms with Gasteiger partial charge in [0.1, 0.15) is 29.9 Å². The van der Waals surface area contributed by atoms with Gasteiger partial charge in [0.05, 0.1) is 13.0 Å². The largest absolute Gasteiger partial charge is 0.508 e. The molecule has 218 valence electrons. The zero-order chi connectivity index (χ0) is 30.1. The number of H-pyrrole nitrogens is 1. The van der Waals surface area contributed by atoms with Crippen LogP contribution in [0.5, 0.6) is 5.75 Å². The number of primary amides is 1. The Hall–Kier alpha value is -4.95. The van der Waals surface area contributed by atoms with Gasteiger partial charge in [-0.25, -0.2) is 4.79 Å². The second-order valence-corrected chi connectivity index (χ2v) is 9.42. The van der Waals surface area contributed by atoms with Crippen LogP contribution in [-0.2, 0) is 36.8 Å². The van der Waals surface area contributed by atoms with Gasteiger partial charge in [-0.15, -0.1) is 0 Å². The lowest BCUT2D eigenvalue weighted by Gasteiger charge is -2.25. The van der Waals surface area contributed by atoms with Crippen molar-refractivity contribution in [2.24, 2.45) is 11.5 Å². The van der Waals surface area contributed by atoms with E-state index in [1.54, 1.807) is 12.3 Å². The highest BCUT2D eigenvalue weighted by atomic mass is 16.4. The number of benzene rings is 2. The highest BCUT2D eigenvalue weighted by Gasteiger charge is 2.31. The van der Waals surface area contributed by atoms with Crippen LogP contribution in [0.1, 0.15) is 17.5 Å². The predicted octanol–water partition coefficient (Wildman–Crippen LogP) is -1.61. The smallest absolute Gasteiger partial charge is 0.326 e. The summed E-state index contributed by atoms with van der Waals surface area (Å²) in [5.41, 5.74) is 12.7. The molecule has 4 unspecified atom stereocenters. The molecule has 0 spiro atoms. The minimum atomic E-state index is -1.53. The molecular weight excluding hydrogens is 536 g/mol. The maximum atomic E-state index is 13.4. The van der Waals surface area contributed by atoms with Gasteiger partial charge < -0.3 is 47.7 Å². The normalized spacial score (nSPS) is 13.9. The number of carboxylic acid groups (broad SMARTS) is 1. The number of aliphatic hydroxyl groups excluding tert-OH is 1. The van der Waals surface area contributed by atoms with Crippen molar-refractivity contribution < 1.29 is 39.3 Å². The van der Waals surface area contributed by atoms with Gasteiger partial charge in [-0.2, -0.15) is 0 Å². The number of carbonyl (C=O) groups is 5. The molecule has 41 heavy (non-hydrogen) atoms. The zero-order valence-corrected chi connectivity index (χ0v) is 21.9. The Kier molecular flexibility index (Phi) is 10.4. The summed E-state index contributed by atoms with van der Waals surface area (Å²) in [6.45, 7) is -0.727. The summed E-state index contributed by atoms with van der Waals surface area (Å²) in [4.78, 5) is 65.4. The number of rotatable bonds is 14. The van der Waals surface area contributed by atoms with Crippen molar-refractivity contribution in [1.82, 2.24) is 20.9 Å². The lowest BCUT2D eigenvalue weighted by molar-refractivity contribution is -0.142. The van der Waals surface area contributed by atoms with Gasteiger partial charge >= 0.3 is 5.97 Å². The summed E-state index contributed by atoms with van der Waals surface area (Å²) in [7, 11) is 0. The summed E-state index contributed by atoms with van der Waals surface area (Å²) in [6, 6.07) is 7.36. The van der Waals surface area contributed by atoms with E-state index in [-0.39, 0.29) is 18.6 Å². The van der Waals surface area contributed by atoms with E-state index < -0.39 is 66.8 Å². The molecule has 14 heteroatoms. The monoisotopic (exact) mass is 568 g/mol. The molecule has 0 saturated carbocycles. The van der Waals surface area contributed by atoms with Crippen molar-refractivity contribution in [2.75, 3.05) is 6.61 Å². The van der Waals surface area contributed by atoms with Crippen molar-refractivity contribution in [3.8, 4) is 5.75 Å². The second kappa shape index (κ2) is 13.9. The van der Waals surface area contributed by atoms with Crippen molar-refractivity contribution in [1.29, 1.82) is 0 Å². The van der Waals surface area contributed by atoms with Crippen LogP contribution >= 0.6 is 0 Å². The summed E-state index contributed by atoms with van der Waals surface area (Å²) in [5.74, 6) is -5.03. The Morgan fingerprint density at radius 2 is 1.44 bits per heavy atom. The zero-order valence-electron chi connectivity index (χ0n) is 21.9. The van der Waals surface area contributed by atoms with Crippen LogP contribution in [0.25, 0.3) is 10.9 Å². The number of carboxylic acids is 1. The van der Waals surface area contributed by atoms with Crippen LogP contribution < -0.4 is 27.4 Å². The highest BCUT2D eigenvalue weighted by molar-refractivity contribution is 5.96. The van der Waals surface area contributed by atoms with Crippen molar-refractivity contribution in [3.05, 3.63) is 65.9 Å². The van der Waals surface area contributed by atoms with Crippen LogP contribution in [0.15, 0.2) is 54.7 Å². The van der Waals surface area contributed by atoms with E-state index in [0.717, 1.165) is 10.9 Å². The molecule has 0 radical (unpaired) electrons. The van der Waals surface area contributed by atoms with E-state index in [0.29, 0.717) is 11.1 Å². The summed E-state index contributed by atoms with van der Waals surface area (Å²) >= 11 is 0. The number of hydrogen-bond acceptors (Lipinski definition) is 8. The molecule has 0 aliphatic rings. The Balaban J connectivity index is 1.84. The van der Waals surface area contributed by atoms with E-state index in [9.17, 15) is 34.2 Å². The number of aliphatic carboxylic acids is 1. The average molecular weight is 569 g/mol. The third-order valence-electron chi connectivity index (χ3n) is 6.29. The standard InChI is InChI=1S/C27H32N6O8/c28-18(13-34)24(37)31-21(11-23(29)36)26(39)32-20(9-14-5-7-16(35)8-6-14)25(38)33-22(27(40)41)10-15-12-30-19-4-2-1-3-17(15)19/h1-8,12,18,20-22,30,34-35H,9-11,13,28H2,(H2,29,36)(H,31,37)(H,32,39)(H,33,38)(H,40,41). The summed E-state index contributed by atoms with van der Waals surface area (Å²) in [6.07, 6.45) is 0.813. The lowest BCUT2D eigenvalue weighted by atomic mass is 10.0. The number of aromatic nitrogens is 1. The fraction of sp³-hybridized carbons (Fsp3) is 0.296. The number of hydrogen-bond donors (Lipinski definition) is 9. The summed E-state index contributed by atoms with van der Waals surface area (Å²) < 4.78 is 0. The van der Waals surface area contributed by atoms with E-state index in [1.165, 1.54) is 24.3 Å². The van der Waals surface area contributed by atoms with Crippen LogP contribution in [0.4, 0.5) is 0 Å². The van der Waals surface area contributed by atoms with Crippen LogP contribution in [-0.4, -0.2) is 80.7 Å². The number of nitrogens with two attached hydrogens (primary N) is 2. The highest BCUT2D eigenvalue weighted by Crippen LogP contribution is 2.19. The molecule has 11 N–H and O–H groups in total. The second-order valence-electron chi connectivity index (χ2n) is 9.42. The first-order valence-electron chi connectivity index (χ1n) is 12.6. The first kappa shape index (κ1) is 30.6. The Morgan fingerprint density at radius 3 is 2.07 bits per heavy atom. The number of nitrogens with one attached hydrogen (secondary N) is 4. The average Bonchev–Trinajstić information content (AvgIpc) is 3.34. The number of phenols is 1. The van der Waals surface area contributed by atoms with Gasteiger partial charge in [-0.3, -0.25) is 19.2 Å². The number of aliphatic hydroxyl groups is 1. The molecule has 0 fully saturated rings. The Bertz CT molecular complexity index is 1410. The molecule has 14 nitrogen and oxygen atoms in total. The van der Waals surface area contributed by atoms with Crippen molar-refractivity contribution in [3.63, 3.8) is 0 Å². The number of phenolic OH excluding ortho intramolecular Hbond substituents is 1. The van der Waals surface area contributed by atoms with Gasteiger partial charge in [0.15, 0.2) is 0 Å². The predicted molar refractivity (Wildman–Crippen MR) is 146 cm³/mol. The number of aromatic amines is 1. The SMILES string of the molecule is NC(=O)CC(NC(=O)C(N)CO)C(=O)NC(Cc1ccc(O)cc1)C(=O)NC(Cc1c[nH]c2ccccc12)C(=O)O. The third kappa shape index (κ3) is 8.52. The van der Waals surface area contributed by atoms with Gasteiger partial charge in [0, 0.05) is 29.9 Å². The van der Waals surface area contributed by atoms with E-state index in [4.69, 9.17) is 16.6 Å². The van der Waals surface area contributed by atoms with Crippen molar-refractivity contribution >= 4 is 40.5 Å². The molecule has 1 aromatic heterocycles. The van der Waals surface area contributed by atoms with Gasteiger partial charge in [-0.1, -0.05) is 30.3 Å². The van der Waals surface area contributed by atoms with Crippen LogP contribution in [0, 0.1) is 0 Å². The molecule has 3 rings (SSSR count). The molecule has 4 atom stereocenters. The number of aromatic hydroxyl groups is 1. The molecule has 0 aliphatic carbocycles.